The van der Waals surface area contributed by atoms with Gasteiger partial charge in [-0.1, -0.05) is 11.6 Å². The van der Waals surface area contributed by atoms with Crippen molar-refractivity contribution in [2.75, 3.05) is 0 Å². The number of rotatable bonds is 2. The van der Waals surface area contributed by atoms with Crippen LogP contribution in [0.15, 0.2) is 28.7 Å². The lowest BCUT2D eigenvalue weighted by Crippen LogP contribution is -1.89. The normalized spacial score (nSPS) is 10.7. The van der Waals surface area contributed by atoms with Crippen molar-refractivity contribution in [3.63, 3.8) is 0 Å². The minimum atomic E-state index is 0.233. The lowest BCUT2D eigenvalue weighted by Gasteiger charge is -1.84. The highest BCUT2D eigenvalue weighted by molar-refractivity contribution is 5.11. The zero-order valence-electron chi connectivity index (χ0n) is 5.68. The summed E-state index contributed by atoms with van der Waals surface area (Å²) in [4.78, 5) is 0. The molecule has 0 aromatic rings. The summed E-state index contributed by atoms with van der Waals surface area (Å²) < 4.78 is 0. The average molecular weight is 125 g/mol. The van der Waals surface area contributed by atoms with Gasteiger partial charge in [-0.05, 0) is 19.9 Å². The number of allylic oxidation sites excluding steroid dienone is 3. The van der Waals surface area contributed by atoms with Crippen LogP contribution in [0.25, 0.3) is 0 Å². The van der Waals surface area contributed by atoms with E-state index in [9.17, 15) is 0 Å². The van der Waals surface area contributed by atoms with Gasteiger partial charge in [0.15, 0.2) is 0 Å². The predicted octanol–water partition coefficient (Wildman–Crippen LogP) is 1.78. The van der Waals surface area contributed by atoms with Gasteiger partial charge in [-0.2, -0.15) is 0 Å². The van der Waals surface area contributed by atoms with E-state index < -0.39 is 0 Å². The van der Waals surface area contributed by atoms with E-state index in [4.69, 9.17) is 11.3 Å². The molecule has 0 amide bonds. The Balaban J connectivity index is 3.98. The summed E-state index contributed by atoms with van der Waals surface area (Å²) in [5.74, 6) is 0.233. The summed E-state index contributed by atoms with van der Waals surface area (Å²) in [6.07, 6.45) is 3.41. The van der Waals surface area contributed by atoms with Crippen LogP contribution in [-0.2, 0) is 0 Å². The largest absolute Gasteiger partial charge is 0.382 e. The highest BCUT2D eigenvalue weighted by atomic mass is 15.0. The molecular formula is C6H11N3. The predicted molar refractivity (Wildman–Crippen MR) is 36.8 cm³/mol. The van der Waals surface area contributed by atoms with Gasteiger partial charge in [0.25, 0.3) is 0 Å². The molecule has 0 radical (unpaired) electrons. The van der Waals surface area contributed by atoms with Crippen LogP contribution in [-0.4, -0.2) is 0 Å². The second-order valence-corrected chi connectivity index (χ2v) is 1.95. The van der Waals surface area contributed by atoms with Crippen LogP contribution in [0, 0.1) is 5.53 Å². The van der Waals surface area contributed by atoms with Crippen LogP contribution < -0.4 is 5.73 Å². The maximum atomic E-state index is 6.46. The molecule has 0 aliphatic rings. The Morgan fingerprint density at radius 1 is 1.44 bits per heavy atom. The second kappa shape index (κ2) is 3.83. The molecule has 0 unspecified atom stereocenters. The molecule has 3 heteroatoms. The van der Waals surface area contributed by atoms with Gasteiger partial charge in [0, 0.05) is 0 Å². The molecule has 0 rings (SSSR count). The molecule has 3 nitrogen and oxygen atoms in total. The van der Waals surface area contributed by atoms with E-state index in [-0.39, 0.29) is 5.82 Å². The molecule has 0 heterocycles. The van der Waals surface area contributed by atoms with E-state index in [1.54, 1.807) is 6.08 Å². The smallest absolute Gasteiger partial charge is 0.145 e. The van der Waals surface area contributed by atoms with Crippen LogP contribution in [0.4, 0.5) is 0 Å². The molecule has 0 aliphatic carbocycles. The van der Waals surface area contributed by atoms with Crippen LogP contribution >= 0.6 is 0 Å². The van der Waals surface area contributed by atoms with Crippen molar-refractivity contribution in [2.24, 2.45) is 10.8 Å². The monoisotopic (exact) mass is 125 g/mol. The first kappa shape index (κ1) is 7.88. The third-order valence-electron chi connectivity index (χ3n) is 0.717. The summed E-state index contributed by atoms with van der Waals surface area (Å²) >= 11 is 0. The van der Waals surface area contributed by atoms with Crippen LogP contribution in [0.1, 0.15) is 13.8 Å². The molecule has 0 aliphatic heterocycles. The van der Waals surface area contributed by atoms with Gasteiger partial charge in [-0.15, -0.1) is 5.11 Å². The van der Waals surface area contributed by atoms with Crippen molar-refractivity contribution in [2.45, 2.75) is 13.8 Å². The van der Waals surface area contributed by atoms with Crippen molar-refractivity contribution in [1.29, 1.82) is 5.53 Å². The zero-order chi connectivity index (χ0) is 7.28. The van der Waals surface area contributed by atoms with Crippen molar-refractivity contribution < 1.29 is 0 Å². The van der Waals surface area contributed by atoms with Gasteiger partial charge >= 0.3 is 0 Å². The molecule has 50 valence electrons. The molecule has 0 aromatic heterocycles. The number of nitrogens with one attached hydrogen (secondary N) is 1. The Bertz CT molecular complexity index is 152. The molecule has 0 spiro atoms. The quantitative estimate of drug-likeness (QED) is 0.429. The van der Waals surface area contributed by atoms with E-state index >= 15 is 0 Å². The lowest BCUT2D eigenvalue weighted by atomic mass is 10.3. The summed E-state index contributed by atoms with van der Waals surface area (Å²) in [7, 11) is 0. The molecular weight excluding hydrogens is 114 g/mol. The van der Waals surface area contributed by atoms with Gasteiger partial charge in [0.2, 0.25) is 0 Å². The highest BCUT2D eigenvalue weighted by Gasteiger charge is 1.77. The fourth-order valence-corrected chi connectivity index (χ4v) is 0.289. The molecule has 0 saturated heterocycles. The Morgan fingerprint density at radius 3 is 2.33 bits per heavy atom. The van der Waals surface area contributed by atoms with Crippen LogP contribution in [0.3, 0.4) is 0 Å². The fraction of sp³-hybridized carbons (Fsp3) is 0.333. The highest BCUT2D eigenvalue weighted by Crippen LogP contribution is 1.91. The third kappa shape index (κ3) is 4.74. The lowest BCUT2D eigenvalue weighted by molar-refractivity contribution is 1.03. The number of nitrogens with zero attached hydrogens (tertiary/aromatic N) is 1. The molecule has 0 fully saturated rings. The number of nitrogens with two attached hydrogens (primary N) is 1. The first-order valence-electron chi connectivity index (χ1n) is 2.65. The minimum absolute atomic E-state index is 0.233. The Kier molecular flexibility index (Phi) is 3.35. The molecule has 9 heavy (non-hydrogen) atoms. The van der Waals surface area contributed by atoms with Crippen LogP contribution in [0.5, 0.6) is 0 Å². The first-order chi connectivity index (χ1) is 4.16. The standard InChI is InChI=1S/C6H11N3/c1-5(2)3-4-6(7)9-8/h3-4,8H,7H2,1-2H3/b6-4-,9-8?. The van der Waals surface area contributed by atoms with Gasteiger partial charge in [0.05, 0.1) is 0 Å². The molecule has 0 bridgehead atoms. The van der Waals surface area contributed by atoms with Gasteiger partial charge in [-0.3, -0.25) is 0 Å². The topological polar surface area (TPSA) is 62.2 Å². The van der Waals surface area contributed by atoms with Crippen molar-refractivity contribution in [3.8, 4) is 0 Å². The molecule has 0 atom stereocenters. The summed E-state index contributed by atoms with van der Waals surface area (Å²) in [6.45, 7) is 3.90. The van der Waals surface area contributed by atoms with Crippen molar-refractivity contribution in [1.82, 2.24) is 0 Å². The summed E-state index contributed by atoms with van der Waals surface area (Å²) in [5, 5.41) is 3.00. The van der Waals surface area contributed by atoms with Gasteiger partial charge in [0.1, 0.15) is 5.82 Å². The van der Waals surface area contributed by atoms with E-state index in [1.165, 1.54) is 0 Å². The first-order valence-corrected chi connectivity index (χ1v) is 2.65. The average Bonchev–Trinajstić information content (AvgIpc) is 1.83. The maximum Gasteiger partial charge on any atom is 0.145 e. The Hall–Kier alpha value is -1.12. The molecule has 0 saturated carbocycles. The van der Waals surface area contributed by atoms with Crippen molar-refractivity contribution >= 4 is 0 Å². The van der Waals surface area contributed by atoms with Crippen molar-refractivity contribution in [3.05, 3.63) is 23.5 Å². The summed E-state index contributed by atoms with van der Waals surface area (Å²) in [6, 6.07) is 0. The van der Waals surface area contributed by atoms with Gasteiger partial charge < -0.3 is 5.73 Å². The minimum Gasteiger partial charge on any atom is -0.382 e. The van der Waals surface area contributed by atoms with E-state index in [1.807, 2.05) is 19.9 Å². The summed E-state index contributed by atoms with van der Waals surface area (Å²) in [5.41, 5.74) is 12.8. The third-order valence-corrected chi connectivity index (χ3v) is 0.717. The SMILES string of the molecule is CC(C)=C/C=C(/N)N=N. The Morgan fingerprint density at radius 2 is 2.00 bits per heavy atom. The molecule has 0 aromatic carbocycles. The second-order valence-electron chi connectivity index (χ2n) is 1.95. The number of hydrogen-bond acceptors (Lipinski definition) is 3. The van der Waals surface area contributed by atoms with Crippen LogP contribution in [0.2, 0.25) is 0 Å². The maximum absolute atomic E-state index is 6.46. The van der Waals surface area contributed by atoms with E-state index in [2.05, 4.69) is 5.11 Å². The number of hydrogen-bond donors (Lipinski definition) is 2. The molecule has 3 N–H and O–H groups in total. The van der Waals surface area contributed by atoms with Gasteiger partial charge in [-0.25, -0.2) is 5.53 Å². The zero-order valence-corrected chi connectivity index (χ0v) is 5.68. The van der Waals surface area contributed by atoms with E-state index in [0.29, 0.717) is 0 Å². The van der Waals surface area contributed by atoms with E-state index in [0.717, 1.165) is 5.57 Å². The Labute approximate surface area is 54.8 Å². The fourth-order valence-electron chi connectivity index (χ4n) is 0.289.